The zero-order chi connectivity index (χ0) is 15.8. The molecular weight excluding hydrogens is 288 g/mol. The highest BCUT2D eigenvalue weighted by molar-refractivity contribution is 6.61. The Morgan fingerprint density at radius 1 is 1.10 bits per heavy atom. The Hall–Kier alpha value is -1.35. The highest BCUT2D eigenvalue weighted by atomic mass is 35.5. The van der Waals surface area contributed by atoms with Crippen LogP contribution >= 0.6 is 11.6 Å². The van der Waals surface area contributed by atoms with E-state index in [4.69, 9.17) is 0 Å². The van der Waals surface area contributed by atoms with Gasteiger partial charge >= 0.3 is 5.43 Å². The molecule has 0 N–H and O–H groups in total. The molecule has 116 valence electrons. The monoisotopic (exact) mass is 310 g/mol. The first kappa shape index (κ1) is 17.7. The molecule has 1 fully saturated rings. The Morgan fingerprint density at radius 3 is 1.95 bits per heavy atom. The number of Topliss-reactive ketones (excluding diaryl/α,β-unsaturated/α-hetero) is 1. The van der Waals surface area contributed by atoms with Crippen LogP contribution in [0.3, 0.4) is 0 Å². The second-order valence-corrected chi connectivity index (χ2v) is 5.89. The number of methoxy groups -OCH3 is 1. The van der Waals surface area contributed by atoms with Crippen LogP contribution in [0.2, 0.25) is 0 Å². The van der Waals surface area contributed by atoms with E-state index < -0.39 is 5.43 Å². The third-order valence-corrected chi connectivity index (χ3v) is 4.12. The molecule has 0 heterocycles. The van der Waals surface area contributed by atoms with E-state index in [0.717, 1.165) is 17.4 Å². The van der Waals surface area contributed by atoms with Gasteiger partial charge < -0.3 is 4.74 Å². The summed E-state index contributed by atoms with van der Waals surface area (Å²) in [6, 6.07) is 8.21. The summed E-state index contributed by atoms with van der Waals surface area (Å²) in [4.78, 5) is 20.5. The van der Waals surface area contributed by atoms with E-state index in [1.807, 2.05) is 12.1 Å². The lowest BCUT2D eigenvalue weighted by Gasteiger charge is -2.26. The second-order valence-electron chi connectivity index (χ2n) is 5.58. The third-order valence-electron chi connectivity index (χ3n) is 3.96. The van der Waals surface area contributed by atoms with Crippen LogP contribution in [0.1, 0.15) is 61.4 Å². The highest BCUT2D eigenvalue weighted by Crippen LogP contribution is 2.35. The minimum atomic E-state index is -0.773. The van der Waals surface area contributed by atoms with Crippen molar-refractivity contribution in [1.82, 2.24) is 0 Å². The molecule has 2 rings (SSSR count). The molecule has 0 aliphatic heterocycles. The van der Waals surface area contributed by atoms with Crippen molar-refractivity contribution in [2.24, 2.45) is 5.92 Å². The van der Waals surface area contributed by atoms with Gasteiger partial charge in [0.1, 0.15) is 0 Å². The van der Waals surface area contributed by atoms with Crippen LogP contribution in [0, 0.1) is 5.92 Å². The zero-order valence-corrected chi connectivity index (χ0v) is 13.7. The van der Waals surface area contributed by atoms with E-state index in [1.54, 1.807) is 6.92 Å². The van der Waals surface area contributed by atoms with Crippen LogP contribution in [0.4, 0.5) is 4.79 Å². The van der Waals surface area contributed by atoms with Crippen molar-refractivity contribution in [3.8, 4) is 0 Å². The molecule has 1 aliphatic carbocycles. The minimum absolute atomic E-state index is 0.156. The van der Waals surface area contributed by atoms with Crippen molar-refractivity contribution < 1.29 is 14.3 Å². The van der Waals surface area contributed by atoms with E-state index in [1.165, 1.54) is 38.4 Å². The standard InChI is InChI=1S/C15H20O.C2H3ClO2/c1-11-3-5-14(6-4-11)15-9-7-13(8-10-15)12(2)16;1-5-2(3)4/h7-11,14H,3-6H2,1-2H3;1H3. The first-order valence-corrected chi connectivity index (χ1v) is 7.66. The second kappa shape index (κ2) is 8.83. The van der Waals surface area contributed by atoms with E-state index in [-0.39, 0.29) is 5.78 Å². The molecule has 0 atom stereocenters. The fourth-order valence-corrected chi connectivity index (χ4v) is 2.58. The summed E-state index contributed by atoms with van der Waals surface area (Å²) in [5.74, 6) is 1.77. The molecule has 0 bridgehead atoms. The largest absolute Gasteiger partial charge is 0.457 e. The average Bonchev–Trinajstić information content (AvgIpc) is 2.48. The number of rotatable bonds is 2. The van der Waals surface area contributed by atoms with Gasteiger partial charge in [-0.15, -0.1) is 0 Å². The van der Waals surface area contributed by atoms with Gasteiger partial charge in [0.25, 0.3) is 0 Å². The maximum Gasteiger partial charge on any atom is 0.403 e. The molecule has 0 amide bonds. The average molecular weight is 311 g/mol. The quantitative estimate of drug-likeness (QED) is 0.558. The van der Waals surface area contributed by atoms with Crippen molar-refractivity contribution in [2.45, 2.75) is 45.4 Å². The maximum absolute atomic E-state index is 11.2. The van der Waals surface area contributed by atoms with E-state index in [9.17, 15) is 9.59 Å². The molecule has 4 heteroatoms. The molecule has 1 aromatic carbocycles. The molecule has 0 aromatic heterocycles. The SMILES string of the molecule is CC(=O)c1ccc(C2CCC(C)CC2)cc1.COC(=O)Cl. The van der Waals surface area contributed by atoms with Gasteiger partial charge in [0.05, 0.1) is 7.11 Å². The van der Waals surface area contributed by atoms with E-state index in [0.29, 0.717) is 0 Å². The number of hydrogen-bond acceptors (Lipinski definition) is 3. The number of ether oxygens (including phenoxy) is 1. The Bertz CT molecular complexity index is 459. The normalized spacial score (nSPS) is 21.0. The molecule has 0 spiro atoms. The number of ketones is 1. The Balaban J connectivity index is 0.000000383. The van der Waals surface area contributed by atoms with Gasteiger partial charge in [-0.3, -0.25) is 4.79 Å². The summed E-state index contributed by atoms with van der Waals surface area (Å²) < 4.78 is 3.88. The van der Waals surface area contributed by atoms with Crippen LogP contribution in [0.25, 0.3) is 0 Å². The van der Waals surface area contributed by atoms with E-state index >= 15 is 0 Å². The number of hydrogen-bond donors (Lipinski definition) is 0. The lowest BCUT2D eigenvalue weighted by molar-refractivity contribution is 0.101. The zero-order valence-electron chi connectivity index (χ0n) is 12.9. The first-order chi connectivity index (χ1) is 9.93. The van der Waals surface area contributed by atoms with Crippen LogP contribution < -0.4 is 0 Å². The predicted octanol–water partition coefficient (Wildman–Crippen LogP) is 5.17. The van der Waals surface area contributed by atoms with Crippen molar-refractivity contribution >= 4 is 22.8 Å². The van der Waals surface area contributed by atoms with Gasteiger partial charge in [0.2, 0.25) is 0 Å². The molecular formula is C17H23ClO3. The van der Waals surface area contributed by atoms with Gasteiger partial charge in [-0.1, -0.05) is 44.0 Å². The number of carbonyl (C=O) groups is 2. The Kier molecular flexibility index (Phi) is 7.44. The highest BCUT2D eigenvalue weighted by Gasteiger charge is 2.19. The molecule has 0 radical (unpaired) electrons. The number of benzene rings is 1. The summed E-state index contributed by atoms with van der Waals surface area (Å²) in [5, 5.41) is 0. The smallest absolute Gasteiger partial charge is 0.403 e. The molecule has 0 saturated heterocycles. The maximum atomic E-state index is 11.2. The number of carbonyl (C=O) groups excluding carboxylic acids is 2. The molecule has 0 unspecified atom stereocenters. The van der Waals surface area contributed by atoms with Gasteiger partial charge in [-0.2, -0.15) is 0 Å². The first-order valence-electron chi connectivity index (χ1n) is 7.28. The molecule has 3 nitrogen and oxygen atoms in total. The Morgan fingerprint density at radius 2 is 1.57 bits per heavy atom. The molecule has 1 aliphatic rings. The van der Waals surface area contributed by atoms with Crippen LogP contribution in [0.15, 0.2) is 24.3 Å². The van der Waals surface area contributed by atoms with Gasteiger partial charge in [0.15, 0.2) is 5.78 Å². The Labute approximate surface area is 131 Å². The molecule has 1 aromatic rings. The van der Waals surface area contributed by atoms with Crippen LogP contribution in [-0.2, 0) is 4.74 Å². The number of halogens is 1. The molecule has 1 saturated carbocycles. The third kappa shape index (κ3) is 6.30. The van der Waals surface area contributed by atoms with Crippen molar-refractivity contribution in [3.05, 3.63) is 35.4 Å². The van der Waals surface area contributed by atoms with Crippen LogP contribution in [-0.4, -0.2) is 18.3 Å². The van der Waals surface area contributed by atoms with Gasteiger partial charge in [-0.25, -0.2) is 4.79 Å². The summed E-state index contributed by atoms with van der Waals surface area (Å²) in [5.41, 5.74) is 1.47. The fourth-order valence-electron chi connectivity index (χ4n) is 2.58. The predicted molar refractivity (Wildman–Crippen MR) is 85.1 cm³/mol. The van der Waals surface area contributed by atoms with Crippen LogP contribution in [0.5, 0.6) is 0 Å². The van der Waals surface area contributed by atoms with Crippen molar-refractivity contribution in [3.63, 3.8) is 0 Å². The lowest BCUT2D eigenvalue weighted by atomic mass is 9.79. The van der Waals surface area contributed by atoms with Crippen molar-refractivity contribution in [1.29, 1.82) is 0 Å². The summed E-state index contributed by atoms with van der Waals surface area (Å²) in [6.07, 6.45) is 5.30. The van der Waals surface area contributed by atoms with Gasteiger partial charge in [0, 0.05) is 17.2 Å². The minimum Gasteiger partial charge on any atom is -0.457 e. The van der Waals surface area contributed by atoms with E-state index in [2.05, 4.69) is 35.4 Å². The van der Waals surface area contributed by atoms with Gasteiger partial charge in [-0.05, 0) is 37.2 Å². The summed E-state index contributed by atoms with van der Waals surface area (Å²) in [6.45, 7) is 3.96. The molecule has 21 heavy (non-hydrogen) atoms. The lowest BCUT2D eigenvalue weighted by Crippen LogP contribution is -2.10. The summed E-state index contributed by atoms with van der Waals surface area (Å²) in [7, 11) is 1.22. The fraction of sp³-hybridized carbons (Fsp3) is 0.529. The van der Waals surface area contributed by atoms with Crippen molar-refractivity contribution in [2.75, 3.05) is 7.11 Å². The topological polar surface area (TPSA) is 43.4 Å². The summed E-state index contributed by atoms with van der Waals surface area (Å²) >= 11 is 4.60.